The summed E-state index contributed by atoms with van der Waals surface area (Å²) < 4.78 is 0. The molecule has 0 spiro atoms. The van der Waals surface area contributed by atoms with Crippen LogP contribution in [0.2, 0.25) is 0 Å². The molecular formula is C32H29N5O2. The summed E-state index contributed by atoms with van der Waals surface area (Å²) in [6.07, 6.45) is 0. The second-order valence-electron chi connectivity index (χ2n) is 9.70. The number of aromatic amines is 1. The summed E-state index contributed by atoms with van der Waals surface area (Å²) in [5.74, 6) is -0.296. The van der Waals surface area contributed by atoms with Crippen LogP contribution in [0.3, 0.4) is 0 Å². The molecule has 39 heavy (non-hydrogen) atoms. The summed E-state index contributed by atoms with van der Waals surface area (Å²) in [6, 6.07) is 35.8. The van der Waals surface area contributed by atoms with Crippen molar-refractivity contribution in [2.75, 3.05) is 31.5 Å². The van der Waals surface area contributed by atoms with Crippen molar-refractivity contribution in [2.24, 2.45) is 0 Å². The van der Waals surface area contributed by atoms with E-state index in [0.717, 1.165) is 24.0 Å². The van der Waals surface area contributed by atoms with E-state index in [0.29, 0.717) is 30.0 Å². The van der Waals surface area contributed by atoms with Gasteiger partial charge in [0.15, 0.2) is 5.69 Å². The zero-order valence-electron chi connectivity index (χ0n) is 21.5. The summed E-state index contributed by atoms with van der Waals surface area (Å²) in [5, 5.41) is 10.7. The average Bonchev–Trinajstić information content (AvgIpc) is 3.43. The van der Waals surface area contributed by atoms with Gasteiger partial charge in [0.1, 0.15) is 0 Å². The predicted molar refractivity (Wildman–Crippen MR) is 153 cm³/mol. The van der Waals surface area contributed by atoms with Gasteiger partial charge in [0.25, 0.3) is 11.8 Å². The molecule has 1 aliphatic heterocycles. The Morgan fingerprint density at radius 2 is 1.31 bits per heavy atom. The van der Waals surface area contributed by atoms with Crippen LogP contribution in [-0.4, -0.2) is 58.0 Å². The Morgan fingerprint density at radius 1 is 0.718 bits per heavy atom. The number of H-pyrrole nitrogens is 1. The van der Waals surface area contributed by atoms with Crippen LogP contribution in [0.25, 0.3) is 10.9 Å². The van der Waals surface area contributed by atoms with Gasteiger partial charge in [-0.3, -0.25) is 19.6 Å². The van der Waals surface area contributed by atoms with Gasteiger partial charge in [-0.1, -0.05) is 78.9 Å². The Bertz CT molecular complexity index is 1530. The normalized spacial score (nSPS) is 14.0. The van der Waals surface area contributed by atoms with Gasteiger partial charge >= 0.3 is 0 Å². The zero-order chi connectivity index (χ0) is 26.6. The average molecular weight is 516 g/mol. The second-order valence-corrected chi connectivity index (χ2v) is 9.70. The number of amides is 2. The largest absolute Gasteiger partial charge is 0.336 e. The van der Waals surface area contributed by atoms with Crippen LogP contribution in [0.1, 0.15) is 38.0 Å². The number of carbonyl (C=O) groups excluding carboxylic acids is 2. The van der Waals surface area contributed by atoms with Gasteiger partial charge in [0, 0.05) is 42.8 Å². The van der Waals surface area contributed by atoms with Crippen LogP contribution in [0, 0.1) is 0 Å². The third-order valence-corrected chi connectivity index (χ3v) is 7.27. The quantitative estimate of drug-likeness (QED) is 0.319. The molecule has 0 aliphatic carbocycles. The van der Waals surface area contributed by atoms with Gasteiger partial charge in [-0.15, -0.1) is 0 Å². The fourth-order valence-corrected chi connectivity index (χ4v) is 5.27. The minimum atomic E-state index is -0.297. The maximum absolute atomic E-state index is 13.3. The summed E-state index contributed by atoms with van der Waals surface area (Å²) in [5.41, 5.74) is 4.87. The lowest BCUT2D eigenvalue weighted by molar-refractivity contribution is 0.0597. The minimum Gasteiger partial charge on any atom is -0.336 e. The van der Waals surface area contributed by atoms with Gasteiger partial charge in [-0.05, 0) is 41.5 Å². The number of nitrogens with zero attached hydrogens (tertiary/aromatic N) is 3. The lowest BCUT2D eigenvalue weighted by Gasteiger charge is -2.39. The van der Waals surface area contributed by atoms with E-state index in [2.05, 4.69) is 68.9 Å². The fraction of sp³-hybridized carbons (Fsp3) is 0.156. The monoisotopic (exact) mass is 515 g/mol. The number of hydrogen-bond donors (Lipinski definition) is 2. The first-order valence-corrected chi connectivity index (χ1v) is 13.1. The number of aromatic nitrogens is 2. The van der Waals surface area contributed by atoms with E-state index in [1.807, 2.05) is 41.3 Å². The van der Waals surface area contributed by atoms with E-state index in [-0.39, 0.29) is 17.9 Å². The van der Waals surface area contributed by atoms with E-state index in [1.54, 1.807) is 24.3 Å². The molecule has 7 heteroatoms. The number of piperazine rings is 1. The van der Waals surface area contributed by atoms with Crippen molar-refractivity contribution in [3.63, 3.8) is 0 Å². The molecule has 0 radical (unpaired) electrons. The highest BCUT2D eigenvalue weighted by Crippen LogP contribution is 2.29. The lowest BCUT2D eigenvalue weighted by atomic mass is 9.96. The van der Waals surface area contributed by atoms with Crippen molar-refractivity contribution in [2.45, 2.75) is 6.04 Å². The predicted octanol–water partition coefficient (Wildman–Crippen LogP) is 5.36. The maximum Gasteiger partial charge on any atom is 0.276 e. The van der Waals surface area contributed by atoms with Crippen molar-refractivity contribution < 1.29 is 9.59 Å². The molecule has 0 unspecified atom stereocenters. The molecule has 7 nitrogen and oxygen atoms in total. The Balaban J connectivity index is 1.10. The van der Waals surface area contributed by atoms with Crippen LogP contribution in [-0.2, 0) is 0 Å². The number of anilines is 1. The summed E-state index contributed by atoms with van der Waals surface area (Å²) in [4.78, 5) is 30.4. The van der Waals surface area contributed by atoms with Gasteiger partial charge < -0.3 is 10.2 Å². The highest BCUT2D eigenvalue weighted by molar-refractivity contribution is 6.11. The first kappa shape index (κ1) is 24.6. The molecule has 5 aromatic rings. The third-order valence-electron chi connectivity index (χ3n) is 7.27. The van der Waals surface area contributed by atoms with Crippen molar-refractivity contribution in [1.29, 1.82) is 0 Å². The van der Waals surface area contributed by atoms with Crippen molar-refractivity contribution in [3.05, 3.63) is 132 Å². The summed E-state index contributed by atoms with van der Waals surface area (Å²) in [6.45, 7) is 2.87. The van der Waals surface area contributed by atoms with E-state index in [1.165, 1.54) is 11.1 Å². The number of carbonyl (C=O) groups is 2. The second kappa shape index (κ2) is 10.9. The molecule has 1 aromatic heterocycles. The Kier molecular flexibility index (Phi) is 6.89. The molecule has 1 aliphatic rings. The zero-order valence-corrected chi connectivity index (χ0v) is 21.5. The lowest BCUT2D eigenvalue weighted by Crippen LogP contribution is -2.49. The first-order chi connectivity index (χ1) is 19.2. The smallest absolute Gasteiger partial charge is 0.276 e. The Hall–Kier alpha value is -4.75. The van der Waals surface area contributed by atoms with Crippen LogP contribution in [0.15, 0.2) is 109 Å². The molecule has 6 rings (SSSR count). The van der Waals surface area contributed by atoms with Crippen molar-refractivity contribution in [1.82, 2.24) is 20.0 Å². The van der Waals surface area contributed by atoms with Crippen molar-refractivity contribution in [3.8, 4) is 0 Å². The number of hydrogen-bond acceptors (Lipinski definition) is 4. The van der Waals surface area contributed by atoms with Crippen molar-refractivity contribution >= 4 is 28.4 Å². The van der Waals surface area contributed by atoms with Gasteiger partial charge in [-0.25, -0.2) is 0 Å². The Labute approximate surface area is 227 Å². The maximum atomic E-state index is 13.3. The standard InChI is InChI=1S/C32H29N5O2/c38-31(29-27-13-7-8-14-28(27)34-35-29)33-26-17-15-25(16-18-26)32(39)37-21-19-36(20-22-37)30(23-9-3-1-4-10-23)24-11-5-2-6-12-24/h1-18,30H,19-22H2,(H,33,38)(H,34,35). The van der Waals surface area contributed by atoms with Gasteiger partial charge in [-0.2, -0.15) is 5.10 Å². The van der Waals surface area contributed by atoms with Crippen LogP contribution in [0.4, 0.5) is 5.69 Å². The summed E-state index contributed by atoms with van der Waals surface area (Å²) >= 11 is 0. The van der Waals surface area contributed by atoms with Crippen LogP contribution < -0.4 is 5.32 Å². The first-order valence-electron chi connectivity index (χ1n) is 13.1. The van der Waals surface area contributed by atoms with Gasteiger partial charge in [0.2, 0.25) is 0 Å². The number of rotatable bonds is 6. The molecule has 0 bridgehead atoms. The topological polar surface area (TPSA) is 81.3 Å². The molecule has 1 fully saturated rings. The molecule has 2 heterocycles. The molecule has 194 valence electrons. The number of fused-ring (bicyclic) bond motifs is 1. The van der Waals surface area contributed by atoms with E-state index in [4.69, 9.17) is 0 Å². The van der Waals surface area contributed by atoms with Crippen LogP contribution in [0.5, 0.6) is 0 Å². The number of nitrogens with one attached hydrogen (secondary N) is 2. The highest BCUT2D eigenvalue weighted by atomic mass is 16.2. The minimum absolute atomic E-state index is 0.00166. The fourth-order valence-electron chi connectivity index (χ4n) is 5.27. The summed E-state index contributed by atoms with van der Waals surface area (Å²) in [7, 11) is 0. The van der Waals surface area contributed by atoms with E-state index < -0.39 is 0 Å². The molecule has 0 saturated carbocycles. The molecule has 4 aromatic carbocycles. The van der Waals surface area contributed by atoms with E-state index in [9.17, 15) is 9.59 Å². The number of benzene rings is 4. The number of para-hydroxylation sites is 1. The third kappa shape index (κ3) is 5.17. The van der Waals surface area contributed by atoms with Crippen LogP contribution >= 0.6 is 0 Å². The van der Waals surface area contributed by atoms with Gasteiger partial charge in [0.05, 0.1) is 11.6 Å². The molecule has 2 N–H and O–H groups in total. The Morgan fingerprint density at radius 3 is 1.95 bits per heavy atom. The highest BCUT2D eigenvalue weighted by Gasteiger charge is 2.28. The molecule has 1 saturated heterocycles. The molecule has 0 atom stereocenters. The van der Waals surface area contributed by atoms with E-state index >= 15 is 0 Å². The molecular weight excluding hydrogens is 486 g/mol. The SMILES string of the molecule is O=C(Nc1ccc(C(=O)N2CCN(C(c3ccccc3)c3ccccc3)CC2)cc1)c1n[nH]c2ccccc12. The molecule has 2 amide bonds.